The predicted octanol–water partition coefficient (Wildman–Crippen LogP) is 3.38. The standard InChI is InChI=1S/C12H13F2N3S/c1-2-3-11-16-12(18-17-11)15-7-8-4-5-9(13)10(14)6-8/h4-6H,2-3,7H2,1H3,(H,15,16,17). The van der Waals surface area contributed by atoms with Crippen molar-refractivity contribution in [3.63, 3.8) is 0 Å². The number of hydrogen-bond acceptors (Lipinski definition) is 4. The number of nitrogens with zero attached hydrogens (tertiary/aromatic N) is 2. The van der Waals surface area contributed by atoms with Crippen LogP contribution in [0.25, 0.3) is 0 Å². The first kappa shape index (κ1) is 12.9. The minimum absolute atomic E-state index is 0.401. The highest BCUT2D eigenvalue weighted by molar-refractivity contribution is 7.09. The number of aryl methyl sites for hydroxylation is 1. The van der Waals surface area contributed by atoms with Crippen molar-refractivity contribution in [1.82, 2.24) is 9.36 Å². The summed E-state index contributed by atoms with van der Waals surface area (Å²) in [5, 5.41) is 3.74. The molecule has 0 radical (unpaired) electrons. The molecule has 0 saturated carbocycles. The third-order valence-corrected chi connectivity index (χ3v) is 3.08. The molecule has 1 aromatic carbocycles. The number of anilines is 1. The van der Waals surface area contributed by atoms with Crippen molar-refractivity contribution < 1.29 is 8.78 Å². The van der Waals surface area contributed by atoms with Crippen LogP contribution in [0.3, 0.4) is 0 Å². The molecule has 1 heterocycles. The topological polar surface area (TPSA) is 37.8 Å². The fourth-order valence-corrected chi connectivity index (χ4v) is 2.09. The zero-order valence-corrected chi connectivity index (χ0v) is 10.7. The summed E-state index contributed by atoms with van der Waals surface area (Å²) in [5.41, 5.74) is 0.668. The van der Waals surface area contributed by atoms with E-state index in [2.05, 4.69) is 21.6 Å². The second kappa shape index (κ2) is 5.86. The van der Waals surface area contributed by atoms with Crippen LogP contribution in [0.1, 0.15) is 24.7 Å². The lowest BCUT2D eigenvalue weighted by molar-refractivity contribution is 0.507. The van der Waals surface area contributed by atoms with Crippen molar-refractivity contribution in [2.75, 3.05) is 5.32 Å². The number of rotatable bonds is 5. The number of nitrogens with one attached hydrogen (secondary N) is 1. The molecule has 0 amide bonds. The van der Waals surface area contributed by atoms with Gasteiger partial charge in [-0.2, -0.15) is 4.37 Å². The Bertz CT molecular complexity index is 528. The molecule has 0 bridgehead atoms. The molecule has 96 valence electrons. The molecule has 0 aliphatic heterocycles. The van der Waals surface area contributed by atoms with Gasteiger partial charge in [-0.15, -0.1) is 0 Å². The van der Waals surface area contributed by atoms with Gasteiger partial charge >= 0.3 is 0 Å². The summed E-state index contributed by atoms with van der Waals surface area (Å²) in [6.07, 6.45) is 1.85. The molecule has 1 N–H and O–H groups in total. The van der Waals surface area contributed by atoms with E-state index in [-0.39, 0.29) is 0 Å². The van der Waals surface area contributed by atoms with Gasteiger partial charge in [0.05, 0.1) is 0 Å². The summed E-state index contributed by atoms with van der Waals surface area (Å²) < 4.78 is 29.9. The molecule has 6 heteroatoms. The van der Waals surface area contributed by atoms with Crippen molar-refractivity contribution in [2.24, 2.45) is 0 Å². The quantitative estimate of drug-likeness (QED) is 0.904. The summed E-state index contributed by atoms with van der Waals surface area (Å²) in [6.45, 7) is 2.47. The molecule has 0 spiro atoms. The van der Waals surface area contributed by atoms with Crippen LogP contribution < -0.4 is 5.32 Å². The summed E-state index contributed by atoms with van der Waals surface area (Å²) in [6, 6.07) is 3.84. The molecule has 1 aromatic heterocycles. The summed E-state index contributed by atoms with van der Waals surface area (Å²) in [7, 11) is 0. The van der Waals surface area contributed by atoms with E-state index >= 15 is 0 Å². The lowest BCUT2D eigenvalue weighted by atomic mass is 10.2. The van der Waals surface area contributed by atoms with Crippen molar-refractivity contribution in [1.29, 1.82) is 0 Å². The van der Waals surface area contributed by atoms with Gasteiger partial charge in [-0.1, -0.05) is 13.0 Å². The summed E-state index contributed by atoms with van der Waals surface area (Å²) in [4.78, 5) is 4.28. The minimum Gasteiger partial charge on any atom is -0.356 e. The summed E-state index contributed by atoms with van der Waals surface area (Å²) >= 11 is 1.28. The van der Waals surface area contributed by atoms with Crippen LogP contribution in [0.15, 0.2) is 18.2 Å². The Hall–Kier alpha value is -1.56. The van der Waals surface area contributed by atoms with Crippen LogP contribution >= 0.6 is 11.5 Å². The number of halogens is 2. The molecular weight excluding hydrogens is 256 g/mol. The molecule has 2 rings (SSSR count). The van der Waals surface area contributed by atoms with Gasteiger partial charge in [-0.3, -0.25) is 0 Å². The molecule has 18 heavy (non-hydrogen) atoms. The van der Waals surface area contributed by atoms with Crippen molar-refractivity contribution >= 4 is 16.7 Å². The first-order chi connectivity index (χ1) is 8.69. The maximum Gasteiger partial charge on any atom is 0.202 e. The van der Waals surface area contributed by atoms with Crippen LogP contribution in [0, 0.1) is 11.6 Å². The normalized spacial score (nSPS) is 10.6. The van der Waals surface area contributed by atoms with Crippen LogP contribution in [0.4, 0.5) is 13.9 Å². The first-order valence-corrected chi connectivity index (χ1v) is 6.46. The maximum atomic E-state index is 13.0. The Morgan fingerprint density at radius 3 is 2.83 bits per heavy atom. The highest BCUT2D eigenvalue weighted by Gasteiger charge is 2.05. The van der Waals surface area contributed by atoms with Gasteiger partial charge in [0, 0.05) is 24.5 Å². The number of benzene rings is 1. The molecule has 0 atom stereocenters. The van der Waals surface area contributed by atoms with Gasteiger partial charge in [-0.25, -0.2) is 13.8 Å². The average molecular weight is 269 g/mol. The van der Waals surface area contributed by atoms with E-state index in [1.807, 2.05) is 0 Å². The van der Waals surface area contributed by atoms with E-state index < -0.39 is 11.6 Å². The molecule has 0 unspecified atom stereocenters. The van der Waals surface area contributed by atoms with Gasteiger partial charge in [0.1, 0.15) is 5.82 Å². The zero-order chi connectivity index (χ0) is 13.0. The predicted molar refractivity (Wildman–Crippen MR) is 67.6 cm³/mol. The Balaban J connectivity index is 1.95. The van der Waals surface area contributed by atoms with Gasteiger partial charge in [0.2, 0.25) is 5.13 Å². The van der Waals surface area contributed by atoms with E-state index in [9.17, 15) is 8.78 Å². The number of aromatic nitrogens is 2. The molecular formula is C12H13F2N3S. The lowest BCUT2D eigenvalue weighted by Gasteiger charge is -2.02. The molecule has 0 aliphatic rings. The van der Waals surface area contributed by atoms with Crippen LogP contribution in [-0.2, 0) is 13.0 Å². The Morgan fingerprint density at radius 1 is 1.28 bits per heavy atom. The monoisotopic (exact) mass is 269 g/mol. The highest BCUT2D eigenvalue weighted by atomic mass is 32.1. The molecule has 0 fully saturated rings. The number of hydrogen-bond donors (Lipinski definition) is 1. The van der Waals surface area contributed by atoms with E-state index in [4.69, 9.17) is 0 Å². The lowest BCUT2D eigenvalue weighted by Crippen LogP contribution is -2.00. The fourth-order valence-electron chi connectivity index (χ4n) is 1.48. The van der Waals surface area contributed by atoms with E-state index in [1.165, 1.54) is 17.6 Å². The van der Waals surface area contributed by atoms with Gasteiger partial charge in [0.15, 0.2) is 11.6 Å². The highest BCUT2D eigenvalue weighted by Crippen LogP contribution is 2.14. The Morgan fingerprint density at radius 2 is 2.11 bits per heavy atom. The third-order valence-electron chi connectivity index (χ3n) is 2.37. The smallest absolute Gasteiger partial charge is 0.202 e. The van der Waals surface area contributed by atoms with E-state index in [0.717, 1.165) is 24.7 Å². The maximum absolute atomic E-state index is 13.0. The average Bonchev–Trinajstić information content (AvgIpc) is 2.79. The molecule has 3 nitrogen and oxygen atoms in total. The fraction of sp³-hybridized carbons (Fsp3) is 0.333. The SMILES string of the molecule is CCCc1nsc(NCc2ccc(F)c(F)c2)n1. The van der Waals surface area contributed by atoms with Crippen molar-refractivity contribution in [3.05, 3.63) is 41.2 Å². The minimum atomic E-state index is -0.835. The van der Waals surface area contributed by atoms with Crippen LogP contribution in [0.5, 0.6) is 0 Å². The van der Waals surface area contributed by atoms with Crippen LogP contribution in [-0.4, -0.2) is 9.36 Å². The van der Waals surface area contributed by atoms with E-state index in [1.54, 1.807) is 6.07 Å². The van der Waals surface area contributed by atoms with E-state index in [0.29, 0.717) is 17.2 Å². The van der Waals surface area contributed by atoms with Crippen molar-refractivity contribution in [2.45, 2.75) is 26.3 Å². The first-order valence-electron chi connectivity index (χ1n) is 5.69. The second-order valence-corrected chi connectivity index (χ2v) is 4.62. The molecule has 2 aromatic rings. The third kappa shape index (κ3) is 3.22. The van der Waals surface area contributed by atoms with Gasteiger partial charge in [0.25, 0.3) is 0 Å². The largest absolute Gasteiger partial charge is 0.356 e. The summed E-state index contributed by atoms with van der Waals surface area (Å²) in [5.74, 6) is -0.853. The van der Waals surface area contributed by atoms with Crippen molar-refractivity contribution in [3.8, 4) is 0 Å². The Labute approximate surface area is 108 Å². The van der Waals surface area contributed by atoms with Gasteiger partial charge < -0.3 is 5.32 Å². The van der Waals surface area contributed by atoms with Crippen LogP contribution in [0.2, 0.25) is 0 Å². The molecule has 0 saturated heterocycles. The molecule has 0 aliphatic carbocycles. The van der Waals surface area contributed by atoms with Gasteiger partial charge in [-0.05, 0) is 24.1 Å². The Kier molecular flexibility index (Phi) is 4.19. The second-order valence-electron chi connectivity index (χ2n) is 3.87. The zero-order valence-electron chi connectivity index (χ0n) is 9.91.